The number of hydrogen-bond donors (Lipinski definition) is 1. The van der Waals surface area contributed by atoms with Crippen LogP contribution in [0, 0.1) is 0 Å². The molecular weight excluding hydrogens is 382 g/mol. The van der Waals surface area contributed by atoms with Gasteiger partial charge in [0.05, 0.1) is 19.8 Å². The number of methoxy groups -OCH3 is 2. The third kappa shape index (κ3) is 3.97. The van der Waals surface area contributed by atoms with Gasteiger partial charge in [0.15, 0.2) is 11.5 Å². The summed E-state index contributed by atoms with van der Waals surface area (Å²) in [6.45, 7) is 0.259. The Kier molecular flexibility index (Phi) is 5.86. The molecule has 2 aromatic carbocycles. The quantitative estimate of drug-likeness (QED) is 0.797. The van der Waals surface area contributed by atoms with Gasteiger partial charge in [0.1, 0.15) is 6.61 Å². The van der Waals surface area contributed by atoms with E-state index in [1.54, 1.807) is 14.2 Å². The molecular formula is C24H29NO5. The molecule has 6 heteroatoms. The second kappa shape index (κ2) is 8.56. The van der Waals surface area contributed by atoms with E-state index in [2.05, 4.69) is 0 Å². The summed E-state index contributed by atoms with van der Waals surface area (Å²) >= 11 is 0. The molecule has 1 amide bonds. The maximum atomic E-state index is 12.9. The van der Waals surface area contributed by atoms with Crippen LogP contribution in [0.3, 0.4) is 0 Å². The fourth-order valence-corrected chi connectivity index (χ4v) is 4.88. The second-order valence-corrected chi connectivity index (χ2v) is 8.20. The van der Waals surface area contributed by atoms with E-state index in [1.807, 2.05) is 53.4 Å². The van der Waals surface area contributed by atoms with Gasteiger partial charge in [0.2, 0.25) is 0 Å². The van der Waals surface area contributed by atoms with Gasteiger partial charge in [-0.3, -0.25) is 0 Å². The second-order valence-electron chi connectivity index (χ2n) is 8.20. The van der Waals surface area contributed by atoms with Crippen molar-refractivity contribution in [1.82, 2.24) is 4.90 Å². The van der Waals surface area contributed by atoms with Crippen LogP contribution in [0.15, 0.2) is 48.5 Å². The lowest BCUT2D eigenvalue weighted by molar-refractivity contribution is -0.0897. The molecule has 0 aromatic heterocycles. The topological polar surface area (TPSA) is 68.2 Å². The molecule has 2 fully saturated rings. The maximum Gasteiger partial charge on any atom is 0.410 e. The van der Waals surface area contributed by atoms with Gasteiger partial charge in [-0.15, -0.1) is 0 Å². The Morgan fingerprint density at radius 3 is 2.33 bits per heavy atom. The molecule has 0 spiro atoms. The first-order chi connectivity index (χ1) is 14.5. The molecule has 0 saturated carbocycles. The minimum absolute atomic E-state index is 0.0427. The number of hydrogen-bond acceptors (Lipinski definition) is 5. The minimum atomic E-state index is -1.01. The summed E-state index contributed by atoms with van der Waals surface area (Å²) in [4.78, 5) is 14.8. The van der Waals surface area contributed by atoms with Gasteiger partial charge in [0, 0.05) is 24.9 Å². The monoisotopic (exact) mass is 411 g/mol. The molecule has 2 unspecified atom stereocenters. The molecule has 2 aliphatic rings. The van der Waals surface area contributed by atoms with Crippen LogP contribution in [-0.2, 0) is 16.9 Å². The fourth-order valence-electron chi connectivity index (χ4n) is 4.88. The normalized spacial score (nSPS) is 25.5. The zero-order valence-electron chi connectivity index (χ0n) is 17.5. The van der Waals surface area contributed by atoms with Crippen LogP contribution in [0.25, 0.3) is 0 Å². The van der Waals surface area contributed by atoms with Crippen LogP contribution in [0.4, 0.5) is 4.79 Å². The highest BCUT2D eigenvalue weighted by Crippen LogP contribution is 2.46. The molecule has 2 aliphatic heterocycles. The van der Waals surface area contributed by atoms with E-state index in [9.17, 15) is 9.90 Å². The molecule has 4 rings (SSSR count). The first kappa shape index (κ1) is 20.5. The smallest absolute Gasteiger partial charge is 0.410 e. The Hall–Kier alpha value is -2.73. The van der Waals surface area contributed by atoms with Gasteiger partial charge < -0.3 is 24.2 Å². The first-order valence-corrected chi connectivity index (χ1v) is 10.5. The van der Waals surface area contributed by atoms with Crippen molar-refractivity contribution in [3.05, 3.63) is 59.7 Å². The zero-order valence-corrected chi connectivity index (χ0v) is 17.5. The average Bonchev–Trinajstić information content (AvgIpc) is 2.77. The van der Waals surface area contributed by atoms with Crippen LogP contribution < -0.4 is 9.47 Å². The minimum Gasteiger partial charge on any atom is -0.493 e. The molecule has 2 heterocycles. The van der Waals surface area contributed by atoms with Crippen LogP contribution in [0.2, 0.25) is 0 Å². The van der Waals surface area contributed by atoms with E-state index >= 15 is 0 Å². The van der Waals surface area contributed by atoms with E-state index in [0.717, 1.165) is 30.4 Å². The van der Waals surface area contributed by atoms with Gasteiger partial charge in [-0.05, 0) is 42.5 Å². The number of amides is 1. The van der Waals surface area contributed by atoms with E-state index in [0.29, 0.717) is 24.3 Å². The Morgan fingerprint density at radius 2 is 1.70 bits per heavy atom. The summed E-state index contributed by atoms with van der Waals surface area (Å²) in [7, 11) is 3.18. The molecule has 1 N–H and O–H groups in total. The molecule has 0 aliphatic carbocycles. The zero-order chi connectivity index (χ0) is 21.1. The van der Waals surface area contributed by atoms with Crippen molar-refractivity contribution in [2.75, 3.05) is 14.2 Å². The Balaban J connectivity index is 1.51. The number of nitrogens with zero attached hydrogens (tertiary/aromatic N) is 1. The third-order valence-electron chi connectivity index (χ3n) is 6.34. The largest absolute Gasteiger partial charge is 0.493 e. The number of ether oxygens (including phenoxy) is 3. The molecule has 2 aromatic rings. The number of carbonyl (C=O) groups is 1. The molecule has 2 saturated heterocycles. The van der Waals surface area contributed by atoms with Crippen LogP contribution in [-0.4, -0.2) is 42.4 Å². The molecule has 0 radical (unpaired) electrons. The first-order valence-electron chi connectivity index (χ1n) is 10.5. The molecule has 30 heavy (non-hydrogen) atoms. The summed E-state index contributed by atoms with van der Waals surface area (Å²) in [6.07, 6.45) is 3.47. The highest BCUT2D eigenvalue weighted by molar-refractivity contribution is 5.69. The summed E-state index contributed by atoms with van der Waals surface area (Å²) < 4.78 is 16.4. The van der Waals surface area contributed by atoms with Crippen LogP contribution in [0.1, 0.15) is 43.2 Å². The number of rotatable bonds is 5. The molecule has 6 nitrogen and oxygen atoms in total. The van der Waals surface area contributed by atoms with Gasteiger partial charge in [-0.2, -0.15) is 0 Å². The lowest BCUT2D eigenvalue weighted by atomic mass is 9.72. The van der Waals surface area contributed by atoms with E-state index in [1.165, 1.54) is 0 Å². The lowest BCUT2D eigenvalue weighted by Gasteiger charge is -2.51. The Labute approximate surface area is 177 Å². The van der Waals surface area contributed by atoms with Gasteiger partial charge in [-0.1, -0.05) is 36.4 Å². The van der Waals surface area contributed by atoms with Crippen molar-refractivity contribution >= 4 is 6.09 Å². The summed E-state index contributed by atoms with van der Waals surface area (Å²) in [5.41, 5.74) is 0.759. The highest BCUT2D eigenvalue weighted by atomic mass is 16.6. The average molecular weight is 411 g/mol. The third-order valence-corrected chi connectivity index (χ3v) is 6.34. The molecule has 160 valence electrons. The number of benzene rings is 2. The summed E-state index contributed by atoms with van der Waals surface area (Å²) in [5, 5.41) is 11.6. The van der Waals surface area contributed by atoms with Crippen molar-refractivity contribution in [1.29, 1.82) is 0 Å². The van der Waals surface area contributed by atoms with Crippen molar-refractivity contribution in [2.24, 2.45) is 0 Å². The highest BCUT2D eigenvalue weighted by Gasteiger charge is 2.48. The predicted molar refractivity (Wildman–Crippen MR) is 113 cm³/mol. The predicted octanol–water partition coefficient (Wildman–Crippen LogP) is 4.25. The Bertz CT molecular complexity index is 870. The van der Waals surface area contributed by atoms with E-state index in [-0.39, 0.29) is 24.8 Å². The fraction of sp³-hybridized carbons (Fsp3) is 0.458. The number of carbonyl (C=O) groups excluding carboxylic acids is 1. The number of piperidine rings is 2. The SMILES string of the molecule is COc1ccc(C2(O)CC3CCCC(C2)N3C(=O)OCc2ccccc2)cc1OC. The summed E-state index contributed by atoms with van der Waals surface area (Å²) in [6, 6.07) is 15.2. The maximum absolute atomic E-state index is 12.9. The van der Waals surface area contributed by atoms with Crippen LogP contribution in [0.5, 0.6) is 11.5 Å². The van der Waals surface area contributed by atoms with Gasteiger partial charge in [0.25, 0.3) is 0 Å². The van der Waals surface area contributed by atoms with Crippen molar-refractivity contribution < 1.29 is 24.1 Å². The van der Waals surface area contributed by atoms with Gasteiger partial charge in [-0.25, -0.2) is 4.79 Å². The van der Waals surface area contributed by atoms with Crippen molar-refractivity contribution in [3.63, 3.8) is 0 Å². The van der Waals surface area contributed by atoms with E-state index < -0.39 is 5.60 Å². The molecule has 2 atom stereocenters. The number of aliphatic hydroxyl groups is 1. The van der Waals surface area contributed by atoms with Crippen LogP contribution >= 0.6 is 0 Å². The lowest BCUT2D eigenvalue weighted by Crippen LogP contribution is -2.58. The van der Waals surface area contributed by atoms with Crippen molar-refractivity contribution in [3.8, 4) is 11.5 Å². The standard InChI is InChI=1S/C24H29NO5/c1-28-21-12-11-18(13-22(21)29-2)24(27)14-19-9-6-10-20(15-24)25(19)23(26)30-16-17-7-4-3-5-8-17/h3-5,7-8,11-13,19-20,27H,6,9-10,14-16H2,1-2H3. The van der Waals surface area contributed by atoms with Gasteiger partial charge >= 0.3 is 6.09 Å². The molecule has 2 bridgehead atoms. The Morgan fingerprint density at radius 1 is 1.03 bits per heavy atom. The number of fused-ring (bicyclic) bond motifs is 2. The van der Waals surface area contributed by atoms with Crippen molar-refractivity contribution in [2.45, 2.75) is 56.4 Å². The van der Waals surface area contributed by atoms with E-state index in [4.69, 9.17) is 14.2 Å². The summed E-state index contributed by atoms with van der Waals surface area (Å²) in [5.74, 6) is 1.23.